The SMILES string of the molecule is CCCC(CC)NC(C)c1c(C)nn(C)c1C. The van der Waals surface area contributed by atoms with Crippen LogP contribution < -0.4 is 5.32 Å². The zero-order valence-corrected chi connectivity index (χ0v) is 12.2. The van der Waals surface area contributed by atoms with Gasteiger partial charge in [0.15, 0.2) is 0 Å². The Morgan fingerprint density at radius 2 is 1.94 bits per heavy atom. The van der Waals surface area contributed by atoms with Crippen molar-refractivity contribution in [2.75, 3.05) is 0 Å². The minimum absolute atomic E-state index is 0.389. The number of nitrogens with zero attached hydrogens (tertiary/aromatic N) is 2. The van der Waals surface area contributed by atoms with Gasteiger partial charge in [-0.2, -0.15) is 5.10 Å². The van der Waals surface area contributed by atoms with Gasteiger partial charge in [0.2, 0.25) is 0 Å². The lowest BCUT2D eigenvalue weighted by Crippen LogP contribution is -2.31. The largest absolute Gasteiger partial charge is 0.307 e. The summed E-state index contributed by atoms with van der Waals surface area (Å²) in [5.41, 5.74) is 3.78. The number of hydrogen-bond donors (Lipinski definition) is 1. The van der Waals surface area contributed by atoms with Gasteiger partial charge in [-0.1, -0.05) is 20.3 Å². The first kappa shape index (κ1) is 14.2. The van der Waals surface area contributed by atoms with Crippen molar-refractivity contribution in [2.45, 2.75) is 66.0 Å². The first-order chi connectivity index (χ1) is 8.01. The maximum Gasteiger partial charge on any atom is 0.0644 e. The van der Waals surface area contributed by atoms with E-state index in [1.54, 1.807) is 0 Å². The molecule has 2 atom stereocenters. The zero-order chi connectivity index (χ0) is 13.0. The summed E-state index contributed by atoms with van der Waals surface area (Å²) >= 11 is 0. The van der Waals surface area contributed by atoms with Crippen LogP contribution in [0.4, 0.5) is 0 Å². The summed E-state index contributed by atoms with van der Waals surface area (Å²) in [5.74, 6) is 0. The molecule has 0 aliphatic rings. The molecule has 0 radical (unpaired) electrons. The van der Waals surface area contributed by atoms with Gasteiger partial charge in [0.25, 0.3) is 0 Å². The molecule has 2 unspecified atom stereocenters. The molecule has 1 rings (SSSR count). The van der Waals surface area contributed by atoms with Crippen LogP contribution in [0.2, 0.25) is 0 Å². The summed E-state index contributed by atoms with van der Waals surface area (Å²) in [6, 6.07) is 1.01. The molecule has 17 heavy (non-hydrogen) atoms. The number of nitrogens with one attached hydrogen (secondary N) is 1. The lowest BCUT2D eigenvalue weighted by Gasteiger charge is -2.22. The van der Waals surface area contributed by atoms with Crippen molar-refractivity contribution >= 4 is 0 Å². The first-order valence-electron chi connectivity index (χ1n) is 6.77. The Morgan fingerprint density at radius 1 is 1.29 bits per heavy atom. The van der Waals surface area contributed by atoms with Crippen LogP contribution in [0.5, 0.6) is 0 Å². The summed E-state index contributed by atoms with van der Waals surface area (Å²) in [5, 5.41) is 8.21. The third-order valence-electron chi connectivity index (χ3n) is 3.61. The Morgan fingerprint density at radius 3 is 2.35 bits per heavy atom. The van der Waals surface area contributed by atoms with Crippen molar-refractivity contribution in [2.24, 2.45) is 7.05 Å². The lowest BCUT2D eigenvalue weighted by atomic mass is 10.0. The molecule has 0 bridgehead atoms. The van der Waals surface area contributed by atoms with Gasteiger partial charge in [0.1, 0.15) is 0 Å². The minimum Gasteiger partial charge on any atom is -0.307 e. The molecule has 0 fully saturated rings. The molecule has 0 saturated heterocycles. The van der Waals surface area contributed by atoms with Crippen LogP contribution in [-0.2, 0) is 7.05 Å². The highest BCUT2D eigenvalue weighted by Gasteiger charge is 2.18. The van der Waals surface area contributed by atoms with Gasteiger partial charge in [-0.3, -0.25) is 4.68 Å². The lowest BCUT2D eigenvalue weighted by molar-refractivity contribution is 0.415. The Hall–Kier alpha value is -0.830. The van der Waals surface area contributed by atoms with Gasteiger partial charge in [-0.05, 0) is 33.6 Å². The molecule has 0 saturated carbocycles. The molecule has 0 aliphatic heterocycles. The van der Waals surface area contributed by atoms with Crippen LogP contribution in [0.25, 0.3) is 0 Å². The molecule has 1 aromatic rings. The van der Waals surface area contributed by atoms with Gasteiger partial charge >= 0.3 is 0 Å². The number of hydrogen-bond acceptors (Lipinski definition) is 2. The summed E-state index contributed by atoms with van der Waals surface area (Å²) in [4.78, 5) is 0. The quantitative estimate of drug-likeness (QED) is 0.823. The Bertz CT molecular complexity index is 355. The van der Waals surface area contributed by atoms with Gasteiger partial charge < -0.3 is 5.32 Å². The van der Waals surface area contributed by atoms with Gasteiger partial charge in [-0.15, -0.1) is 0 Å². The smallest absolute Gasteiger partial charge is 0.0644 e. The zero-order valence-electron chi connectivity index (χ0n) is 12.2. The molecule has 98 valence electrons. The van der Waals surface area contributed by atoms with Crippen LogP contribution in [0.3, 0.4) is 0 Å². The van der Waals surface area contributed by atoms with E-state index in [0.29, 0.717) is 12.1 Å². The monoisotopic (exact) mass is 237 g/mol. The van der Waals surface area contributed by atoms with Crippen molar-refractivity contribution in [1.82, 2.24) is 15.1 Å². The molecule has 3 heteroatoms. The predicted octanol–water partition coefficient (Wildman–Crippen LogP) is 3.27. The van der Waals surface area contributed by atoms with E-state index in [-0.39, 0.29) is 0 Å². The number of aromatic nitrogens is 2. The van der Waals surface area contributed by atoms with Crippen LogP contribution in [0.1, 0.15) is 63.0 Å². The van der Waals surface area contributed by atoms with Gasteiger partial charge in [-0.25, -0.2) is 0 Å². The predicted molar refractivity (Wildman–Crippen MR) is 73.2 cm³/mol. The maximum absolute atomic E-state index is 4.49. The fourth-order valence-electron chi connectivity index (χ4n) is 2.61. The van der Waals surface area contributed by atoms with Crippen molar-refractivity contribution in [3.63, 3.8) is 0 Å². The third-order valence-corrected chi connectivity index (χ3v) is 3.61. The average molecular weight is 237 g/mol. The minimum atomic E-state index is 0.389. The molecule has 3 nitrogen and oxygen atoms in total. The van der Waals surface area contributed by atoms with Crippen LogP contribution in [0.15, 0.2) is 0 Å². The van der Waals surface area contributed by atoms with E-state index in [1.165, 1.54) is 30.5 Å². The molecule has 1 N–H and O–H groups in total. The van der Waals surface area contributed by atoms with E-state index in [4.69, 9.17) is 0 Å². The van der Waals surface area contributed by atoms with Crippen molar-refractivity contribution < 1.29 is 0 Å². The highest BCUT2D eigenvalue weighted by atomic mass is 15.3. The van der Waals surface area contributed by atoms with E-state index in [1.807, 2.05) is 11.7 Å². The normalized spacial score (nSPS) is 14.9. The summed E-state index contributed by atoms with van der Waals surface area (Å²) in [6.07, 6.45) is 3.68. The van der Waals surface area contributed by atoms with Crippen molar-refractivity contribution in [1.29, 1.82) is 0 Å². The average Bonchev–Trinajstić information content (AvgIpc) is 2.52. The molecule has 1 aromatic heterocycles. The molecular weight excluding hydrogens is 210 g/mol. The van der Waals surface area contributed by atoms with Crippen molar-refractivity contribution in [3.05, 3.63) is 17.0 Å². The maximum atomic E-state index is 4.49. The second kappa shape index (κ2) is 6.20. The van der Waals surface area contributed by atoms with Gasteiger partial charge in [0.05, 0.1) is 5.69 Å². The number of rotatable bonds is 6. The van der Waals surface area contributed by atoms with Crippen molar-refractivity contribution in [3.8, 4) is 0 Å². The second-order valence-corrected chi connectivity index (χ2v) is 4.99. The molecule has 0 spiro atoms. The van der Waals surface area contributed by atoms with Gasteiger partial charge in [0, 0.05) is 30.4 Å². The highest BCUT2D eigenvalue weighted by Crippen LogP contribution is 2.22. The third kappa shape index (κ3) is 3.32. The topological polar surface area (TPSA) is 29.9 Å². The van der Waals surface area contributed by atoms with E-state index in [9.17, 15) is 0 Å². The van der Waals surface area contributed by atoms with Crippen LogP contribution in [0, 0.1) is 13.8 Å². The fraction of sp³-hybridized carbons (Fsp3) is 0.786. The second-order valence-electron chi connectivity index (χ2n) is 4.99. The van der Waals surface area contributed by atoms with E-state index < -0.39 is 0 Å². The van der Waals surface area contributed by atoms with E-state index in [0.717, 1.165) is 5.69 Å². The summed E-state index contributed by atoms with van der Waals surface area (Å²) in [7, 11) is 2.02. The molecule has 0 amide bonds. The Kier molecular flexibility index (Phi) is 5.19. The molecule has 0 aliphatic carbocycles. The standard InChI is InChI=1S/C14H27N3/c1-7-9-13(8-2)15-10(3)14-11(4)16-17(6)12(14)5/h10,13,15H,7-9H2,1-6H3. The fourth-order valence-corrected chi connectivity index (χ4v) is 2.61. The van der Waals surface area contributed by atoms with Crippen LogP contribution >= 0.6 is 0 Å². The van der Waals surface area contributed by atoms with E-state index >= 15 is 0 Å². The van der Waals surface area contributed by atoms with Crippen LogP contribution in [-0.4, -0.2) is 15.8 Å². The highest BCUT2D eigenvalue weighted by molar-refractivity contribution is 5.27. The molecule has 1 heterocycles. The van der Waals surface area contributed by atoms with E-state index in [2.05, 4.69) is 45.0 Å². The molecule has 0 aromatic carbocycles. The first-order valence-corrected chi connectivity index (χ1v) is 6.77. The Labute approximate surface area is 106 Å². The number of aryl methyl sites for hydroxylation is 2. The Balaban J connectivity index is 2.78. The molecular formula is C14H27N3. The summed E-state index contributed by atoms with van der Waals surface area (Å²) < 4.78 is 1.98. The summed E-state index contributed by atoms with van der Waals surface area (Å²) in [6.45, 7) is 11.0.